The fraction of sp³-hybridized carbons (Fsp3) is 0.789. The Balaban J connectivity index is 1.37. The lowest BCUT2D eigenvalue weighted by Crippen LogP contribution is -2.49. The normalized spacial score (nSPS) is 25.2. The third-order valence-electron chi connectivity index (χ3n) is 5.60. The number of hydrogen-bond acceptors (Lipinski definition) is 7. The largest absolute Gasteiger partial charge is 0.376 e. The van der Waals surface area contributed by atoms with Crippen LogP contribution in [0.15, 0.2) is 12.4 Å². The van der Waals surface area contributed by atoms with E-state index in [2.05, 4.69) is 25.8 Å². The van der Waals surface area contributed by atoms with Crippen molar-refractivity contribution in [3.8, 4) is 0 Å². The monoisotopic (exact) mass is 361 g/mol. The Bertz CT molecular complexity index is 581. The molecular weight excluding hydrogens is 330 g/mol. The molecule has 2 saturated heterocycles. The summed E-state index contributed by atoms with van der Waals surface area (Å²) in [5.74, 6) is 2.07. The molecule has 0 radical (unpaired) electrons. The minimum Gasteiger partial charge on any atom is -0.376 e. The molecule has 1 aromatic heterocycles. The Hall–Kier alpha value is -1.44. The second-order valence-corrected chi connectivity index (χ2v) is 7.87. The predicted molar refractivity (Wildman–Crippen MR) is 102 cm³/mol. The summed E-state index contributed by atoms with van der Waals surface area (Å²) in [7, 11) is 4.06. The average molecular weight is 361 g/mol. The molecule has 1 unspecified atom stereocenters. The fourth-order valence-corrected chi connectivity index (χ4v) is 4.06. The minimum absolute atomic E-state index is 0.240. The predicted octanol–water partition coefficient (Wildman–Crippen LogP) is 1.39. The smallest absolute Gasteiger partial charge is 0.134 e. The molecule has 1 aromatic rings. The van der Waals surface area contributed by atoms with Crippen molar-refractivity contribution in [3.63, 3.8) is 0 Å². The first kappa shape index (κ1) is 17.9. The number of rotatable bonds is 6. The molecule has 4 rings (SSSR count). The first-order valence-corrected chi connectivity index (χ1v) is 9.90. The molecule has 3 heterocycles. The van der Waals surface area contributed by atoms with Crippen LogP contribution in [0.3, 0.4) is 0 Å². The summed E-state index contributed by atoms with van der Waals surface area (Å²) in [6.45, 7) is 5.46. The second-order valence-electron chi connectivity index (χ2n) is 7.87. The van der Waals surface area contributed by atoms with E-state index in [0.29, 0.717) is 12.1 Å². The molecule has 26 heavy (non-hydrogen) atoms. The summed E-state index contributed by atoms with van der Waals surface area (Å²) in [6.07, 6.45) is 6.89. The Morgan fingerprint density at radius 3 is 2.42 bits per heavy atom. The van der Waals surface area contributed by atoms with Crippen molar-refractivity contribution in [1.82, 2.24) is 14.9 Å². The number of aromatic nitrogens is 2. The molecule has 3 aliphatic rings. The highest BCUT2D eigenvalue weighted by atomic mass is 16.6. The average Bonchev–Trinajstić information content (AvgIpc) is 3.49. The van der Waals surface area contributed by atoms with Gasteiger partial charge in [-0.25, -0.2) is 9.97 Å². The highest BCUT2D eigenvalue weighted by Gasteiger charge is 2.37. The molecule has 0 spiro atoms. The third-order valence-corrected chi connectivity index (χ3v) is 5.60. The maximum Gasteiger partial charge on any atom is 0.134 e. The van der Waals surface area contributed by atoms with Gasteiger partial charge in [-0.3, -0.25) is 0 Å². The van der Waals surface area contributed by atoms with E-state index >= 15 is 0 Å². The highest BCUT2D eigenvalue weighted by molar-refractivity contribution is 5.51. The summed E-state index contributed by atoms with van der Waals surface area (Å²) in [5, 5.41) is 0. The van der Waals surface area contributed by atoms with Crippen LogP contribution < -0.4 is 9.80 Å². The lowest BCUT2D eigenvalue weighted by molar-refractivity contribution is -0.0988. The molecule has 1 saturated carbocycles. The van der Waals surface area contributed by atoms with E-state index < -0.39 is 0 Å². The molecule has 3 fully saturated rings. The number of piperidine rings is 1. The van der Waals surface area contributed by atoms with E-state index in [-0.39, 0.29) is 6.10 Å². The maximum atomic E-state index is 5.81. The molecule has 144 valence electrons. The number of likely N-dealkylation sites (tertiary alicyclic amines) is 1. The minimum atomic E-state index is 0.240. The molecule has 0 bridgehead atoms. The highest BCUT2D eigenvalue weighted by Crippen LogP contribution is 2.36. The van der Waals surface area contributed by atoms with E-state index in [1.54, 1.807) is 6.33 Å². The molecule has 0 aromatic carbocycles. The first-order valence-electron chi connectivity index (χ1n) is 9.90. The Kier molecular flexibility index (Phi) is 5.57. The van der Waals surface area contributed by atoms with Gasteiger partial charge >= 0.3 is 0 Å². The van der Waals surface area contributed by atoms with Gasteiger partial charge in [-0.15, -0.1) is 0 Å². The van der Waals surface area contributed by atoms with Crippen LogP contribution in [-0.2, 0) is 9.47 Å². The van der Waals surface area contributed by atoms with Gasteiger partial charge in [-0.2, -0.15) is 0 Å². The van der Waals surface area contributed by atoms with Gasteiger partial charge in [0.25, 0.3) is 0 Å². The number of anilines is 2. The number of ether oxygens (including phenoxy) is 2. The van der Waals surface area contributed by atoms with Gasteiger partial charge in [0, 0.05) is 51.9 Å². The molecule has 1 atom stereocenters. The van der Waals surface area contributed by atoms with Crippen LogP contribution in [-0.4, -0.2) is 86.6 Å². The van der Waals surface area contributed by atoms with Gasteiger partial charge in [0.15, 0.2) is 0 Å². The Labute approximate surface area is 156 Å². The number of hydrogen-bond donors (Lipinski definition) is 0. The quantitative estimate of drug-likeness (QED) is 0.759. The van der Waals surface area contributed by atoms with Crippen LogP contribution in [0, 0.1) is 0 Å². The van der Waals surface area contributed by atoms with E-state index in [0.717, 1.165) is 51.1 Å². The van der Waals surface area contributed by atoms with E-state index in [4.69, 9.17) is 9.47 Å². The van der Waals surface area contributed by atoms with Gasteiger partial charge in [0.1, 0.15) is 18.0 Å². The second kappa shape index (κ2) is 8.06. The van der Waals surface area contributed by atoms with Gasteiger partial charge in [-0.1, -0.05) is 0 Å². The molecule has 7 nitrogen and oxygen atoms in total. The molecule has 1 aliphatic carbocycles. The molecule has 7 heteroatoms. The lowest BCUT2D eigenvalue weighted by Gasteiger charge is -2.40. The van der Waals surface area contributed by atoms with Crippen molar-refractivity contribution in [2.24, 2.45) is 0 Å². The summed E-state index contributed by atoms with van der Waals surface area (Å²) < 4.78 is 11.3. The van der Waals surface area contributed by atoms with Crippen LogP contribution in [0.5, 0.6) is 0 Å². The van der Waals surface area contributed by atoms with Crippen molar-refractivity contribution in [3.05, 3.63) is 12.4 Å². The van der Waals surface area contributed by atoms with E-state index in [9.17, 15) is 0 Å². The first-order chi connectivity index (χ1) is 12.7. The Morgan fingerprint density at radius 2 is 1.77 bits per heavy atom. The Morgan fingerprint density at radius 1 is 1.04 bits per heavy atom. The van der Waals surface area contributed by atoms with Crippen LogP contribution in [0.2, 0.25) is 0 Å². The molecule has 0 amide bonds. The van der Waals surface area contributed by atoms with Crippen LogP contribution in [0.4, 0.5) is 11.6 Å². The van der Waals surface area contributed by atoms with Gasteiger partial charge in [0.2, 0.25) is 0 Å². The van der Waals surface area contributed by atoms with Crippen molar-refractivity contribution < 1.29 is 9.47 Å². The third kappa shape index (κ3) is 4.27. The van der Waals surface area contributed by atoms with Crippen LogP contribution in [0.25, 0.3) is 0 Å². The standard InChI is InChI=1S/C19H31N5O2/c1-22(2)18-11-19(21-14-20-18)24(15-3-4-15)16-5-7-23(8-6-16)12-17-13-25-9-10-26-17/h11,14-17H,3-10,12-13H2,1-2H3. The van der Waals surface area contributed by atoms with Crippen molar-refractivity contribution in [2.75, 3.05) is 63.4 Å². The fourth-order valence-electron chi connectivity index (χ4n) is 4.06. The van der Waals surface area contributed by atoms with Gasteiger partial charge in [-0.05, 0) is 25.7 Å². The molecule has 2 aliphatic heterocycles. The zero-order valence-corrected chi connectivity index (χ0v) is 16.0. The van der Waals surface area contributed by atoms with Gasteiger partial charge < -0.3 is 24.2 Å². The molecular formula is C19H31N5O2. The maximum absolute atomic E-state index is 5.81. The van der Waals surface area contributed by atoms with Crippen molar-refractivity contribution in [1.29, 1.82) is 0 Å². The summed E-state index contributed by atoms with van der Waals surface area (Å²) >= 11 is 0. The summed E-state index contributed by atoms with van der Waals surface area (Å²) in [4.78, 5) is 16.1. The van der Waals surface area contributed by atoms with Crippen LogP contribution in [0.1, 0.15) is 25.7 Å². The summed E-state index contributed by atoms with van der Waals surface area (Å²) in [6, 6.07) is 3.37. The van der Waals surface area contributed by atoms with Crippen LogP contribution >= 0.6 is 0 Å². The zero-order valence-electron chi connectivity index (χ0n) is 16.0. The van der Waals surface area contributed by atoms with E-state index in [1.165, 1.54) is 25.7 Å². The lowest BCUT2D eigenvalue weighted by atomic mass is 10.0. The van der Waals surface area contributed by atoms with E-state index in [1.807, 2.05) is 19.0 Å². The van der Waals surface area contributed by atoms with Gasteiger partial charge in [0.05, 0.1) is 25.9 Å². The van der Waals surface area contributed by atoms with Crippen molar-refractivity contribution >= 4 is 11.6 Å². The number of nitrogens with zero attached hydrogens (tertiary/aromatic N) is 5. The zero-order chi connectivity index (χ0) is 17.9. The molecule has 0 N–H and O–H groups in total. The SMILES string of the molecule is CN(C)c1cc(N(C2CC2)C2CCN(CC3COCCO3)CC2)ncn1. The summed E-state index contributed by atoms with van der Waals surface area (Å²) in [5.41, 5.74) is 0. The topological polar surface area (TPSA) is 54.0 Å². The van der Waals surface area contributed by atoms with Crippen molar-refractivity contribution in [2.45, 2.75) is 43.9 Å².